The number of aryl methyl sites for hydroxylation is 2. The Morgan fingerprint density at radius 2 is 1.73 bits per heavy atom. The SMILES string of the molecule is C[C@@H](OC(=O)CCC(=O)c1ccc2c(c1)CCCC2)C(=O)Nc1ccc(F)cc1F. The van der Waals surface area contributed by atoms with E-state index in [1.165, 1.54) is 18.1 Å². The fourth-order valence-electron chi connectivity index (χ4n) is 3.40. The summed E-state index contributed by atoms with van der Waals surface area (Å²) in [5.74, 6) is -3.32. The Hall–Kier alpha value is -3.09. The van der Waals surface area contributed by atoms with E-state index in [0.29, 0.717) is 11.6 Å². The minimum atomic E-state index is -1.19. The van der Waals surface area contributed by atoms with Crippen LogP contribution < -0.4 is 5.32 Å². The number of rotatable bonds is 7. The standard InChI is InChI=1S/C23H23F2NO4/c1-14(23(29)26-20-9-8-18(24)13-19(20)25)30-22(28)11-10-21(27)17-7-6-15-4-2-3-5-16(15)12-17/h6-9,12-14H,2-5,10-11H2,1H3,(H,26,29)/t14-/m1/s1. The van der Waals surface area contributed by atoms with Crippen molar-refractivity contribution in [3.63, 3.8) is 0 Å². The van der Waals surface area contributed by atoms with Crippen LogP contribution in [0.15, 0.2) is 36.4 Å². The van der Waals surface area contributed by atoms with E-state index in [4.69, 9.17) is 4.74 Å². The summed E-state index contributed by atoms with van der Waals surface area (Å²) in [6.45, 7) is 1.33. The van der Waals surface area contributed by atoms with Crippen molar-refractivity contribution >= 4 is 23.3 Å². The Balaban J connectivity index is 1.48. The molecule has 30 heavy (non-hydrogen) atoms. The van der Waals surface area contributed by atoms with Crippen molar-refractivity contribution in [2.75, 3.05) is 5.32 Å². The van der Waals surface area contributed by atoms with Crippen LogP contribution in [-0.4, -0.2) is 23.8 Å². The molecule has 0 unspecified atom stereocenters. The molecule has 1 atom stereocenters. The number of Topliss-reactive ketones (excluding diaryl/α,β-unsaturated/α-hetero) is 1. The van der Waals surface area contributed by atoms with Gasteiger partial charge < -0.3 is 10.1 Å². The third-order valence-electron chi connectivity index (χ3n) is 5.09. The number of carbonyl (C=O) groups excluding carboxylic acids is 3. The summed E-state index contributed by atoms with van der Waals surface area (Å²) >= 11 is 0. The maximum Gasteiger partial charge on any atom is 0.307 e. The molecule has 158 valence electrons. The highest BCUT2D eigenvalue weighted by molar-refractivity contribution is 5.98. The molecular weight excluding hydrogens is 392 g/mol. The van der Waals surface area contributed by atoms with Crippen LogP contribution in [0.3, 0.4) is 0 Å². The van der Waals surface area contributed by atoms with Crippen LogP contribution in [0.5, 0.6) is 0 Å². The van der Waals surface area contributed by atoms with Crippen LogP contribution in [0.25, 0.3) is 0 Å². The van der Waals surface area contributed by atoms with Gasteiger partial charge in [0.05, 0.1) is 12.1 Å². The first-order valence-electron chi connectivity index (χ1n) is 9.94. The third kappa shape index (κ3) is 5.49. The van der Waals surface area contributed by atoms with Crippen LogP contribution in [0.2, 0.25) is 0 Å². The number of carbonyl (C=O) groups is 3. The van der Waals surface area contributed by atoms with E-state index in [1.54, 1.807) is 6.07 Å². The molecule has 5 nitrogen and oxygen atoms in total. The average Bonchev–Trinajstić information content (AvgIpc) is 2.73. The number of anilines is 1. The minimum Gasteiger partial charge on any atom is -0.453 e. The topological polar surface area (TPSA) is 72.5 Å². The second-order valence-electron chi connectivity index (χ2n) is 7.36. The summed E-state index contributed by atoms with van der Waals surface area (Å²) in [7, 11) is 0. The first-order valence-corrected chi connectivity index (χ1v) is 9.94. The van der Waals surface area contributed by atoms with Crippen molar-refractivity contribution in [2.45, 2.75) is 51.6 Å². The smallest absolute Gasteiger partial charge is 0.307 e. The van der Waals surface area contributed by atoms with Crippen LogP contribution >= 0.6 is 0 Å². The zero-order valence-electron chi connectivity index (χ0n) is 16.7. The molecule has 0 fully saturated rings. The Labute approximate surface area is 173 Å². The van der Waals surface area contributed by atoms with Gasteiger partial charge in [-0.2, -0.15) is 0 Å². The van der Waals surface area contributed by atoms with Crippen LogP contribution in [0.4, 0.5) is 14.5 Å². The lowest BCUT2D eigenvalue weighted by Crippen LogP contribution is -2.30. The number of fused-ring (bicyclic) bond motifs is 1. The van der Waals surface area contributed by atoms with E-state index < -0.39 is 29.6 Å². The summed E-state index contributed by atoms with van der Waals surface area (Å²) < 4.78 is 31.6. The van der Waals surface area contributed by atoms with Gasteiger partial charge >= 0.3 is 5.97 Å². The Kier molecular flexibility index (Phi) is 6.92. The first kappa shape index (κ1) is 21.6. The highest BCUT2D eigenvalue weighted by atomic mass is 19.1. The van der Waals surface area contributed by atoms with Gasteiger partial charge in [-0.1, -0.05) is 12.1 Å². The van der Waals surface area contributed by atoms with Gasteiger partial charge in [0.2, 0.25) is 0 Å². The maximum absolute atomic E-state index is 13.6. The van der Waals surface area contributed by atoms with Crippen molar-refractivity contribution in [1.29, 1.82) is 0 Å². The number of benzene rings is 2. The normalized spacial score (nSPS) is 13.8. The number of halogens is 2. The second-order valence-corrected chi connectivity index (χ2v) is 7.36. The number of hydrogen-bond donors (Lipinski definition) is 1. The van der Waals surface area contributed by atoms with Crippen molar-refractivity contribution < 1.29 is 27.9 Å². The molecule has 2 aromatic rings. The lowest BCUT2D eigenvalue weighted by molar-refractivity contribution is -0.153. The van der Waals surface area contributed by atoms with Gasteiger partial charge in [-0.15, -0.1) is 0 Å². The fourth-order valence-corrected chi connectivity index (χ4v) is 3.40. The molecule has 1 N–H and O–H groups in total. The van der Waals surface area contributed by atoms with Crippen LogP contribution in [0, 0.1) is 11.6 Å². The monoisotopic (exact) mass is 415 g/mol. The zero-order chi connectivity index (χ0) is 21.7. The maximum atomic E-state index is 13.6. The molecule has 0 aliphatic heterocycles. The van der Waals surface area contributed by atoms with Gasteiger partial charge in [0.25, 0.3) is 5.91 Å². The number of ether oxygens (including phenoxy) is 1. The van der Waals surface area contributed by atoms with Gasteiger partial charge in [-0.3, -0.25) is 14.4 Å². The Morgan fingerprint density at radius 1 is 1.00 bits per heavy atom. The summed E-state index contributed by atoms with van der Waals surface area (Å²) in [6, 6.07) is 8.37. The predicted molar refractivity (Wildman–Crippen MR) is 107 cm³/mol. The van der Waals surface area contributed by atoms with E-state index in [-0.39, 0.29) is 24.3 Å². The van der Waals surface area contributed by atoms with Gasteiger partial charge in [-0.25, -0.2) is 8.78 Å². The molecule has 3 rings (SSSR count). The second kappa shape index (κ2) is 9.61. The zero-order valence-corrected chi connectivity index (χ0v) is 16.7. The summed E-state index contributed by atoms with van der Waals surface area (Å²) in [4.78, 5) is 36.5. The average molecular weight is 415 g/mol. The van der Waals surface area contributed by atoms with Gasteiger partial charge in [0.15, 0.2) is 11.9 Å². The lowest BCUT2D eigenvalue weighted by atomic mass is 9.89. The lowest BCUT2D eigenvalue weighted by Gasteiger charge is -2.16. The van der Waals surface area contributed by atoms with E-state index in [9.17, 15) is 23.2 Å². The molecule has 1 aliphatic carbocycles. The van der Waals surface area contributed by atoms with Crippen molar-refractivity contribution in [3.8, 4) is 0 Å². The summed E-state index contributed by atoms with van der Waals surface area (Å²) in [6.07, 6.45) is 2.86. The first-order chi connectivity index (χ1) is 14.3. The van der Waals surface area contributed by atoms with E-state index in [2.05, 4.69) is 5.32 Å². The Bertz CT molecular complexity index is 974. The van der Waals surface area contributed by atoms with Crippen LogP contribution in [-0.2, 0) is 27.2 Å². The molecule has 1 amide bonds. The highest BCUT2D eigenvalue weighted by Gasteiger charge is 2.20. The molecule has 2 aromatic carbocycles. The van der Waals surface area contributed by atoms with Gasteiger partial charge in [-0.05, 0) is 61.9 Å². The number of esters is 1. The predicted octanol–water partition coefficient (Wildman–Crippen LogP) is 4.38. The fraction of sp³-hybridized carbons (Fsp3) is 0.348. The van der Waals surface area contributed by atoms with Crippen LogP contribution in [0.1, 0.15) is 54.1 Å². The third-order valence-corrected chi connectivity index (χ3v) is 5.09. The number of ketones is 1. The molecule has 7 heteroatoms. The van der Waals surface area contributed by atoms with Crippen molar-refractivity contribution in [3.05, 3.63) is 64.7 Å². The highest BCUT2D eigenvalue weighted by Crippen LogP contribution is 2.23. The molecule has 0 bridgehead atoms. The number of amides is 1. The Morgan fingerprint density at radius 3 is 2.47 bits per heavy atom. The summed E-state index contributed by atoms with van der Waals surface area (Å²) in [5, 5.41) is 2.24. The van der Waals surface area contributed by atoms with Gasteiger partial charge in [0.1, 0.15) is 11.6 Å². The van der Waals surface area contributed by atoms with E-state index in [1.807, 2.05) is 12.1 Å². The quantitative estimate of drug-likeness (QED) is 0.538. The molecule has 0 saturated heterocycles. The molecule has 0 aromatic heterocycles. The molecular formula is C23H23F2NO4. The number of nitrogens with one attached hydrogen (secondary N) is 1. The van der Waals surface area contributed by atoms with E-state index >= 15 is 0 Å². The molecule has 1 aliphatic rings. The molecule has 0 spiro atoms. The van der Waals surface area contributed by atoms with Gasteiger partial charge in [0, 0.05) is 18.1 Å². The van der Waals surface area contributed by atoms with Crippen molar-refractivity contribution in [1.82, 2.24) is 0 Å². The molecule has 0 saturated carbocycles. The molecule has 0 radical (unpaired) electrons. The summed E-state index contributed by atoms with van der Waals surface area (Å²) in [5.41, 5.74) is 2.82. The molecule has 0 heterocycles. The minimum absolute atomic E-state index is 0.0292. The largest absolute Gasteiger partial charge is 0.453 e. The number of hydrogen-bond acceptors (Lipinski definition) is 4. The van der Waals surface area contributed by atoms with E-state index in [0.717, 1.165) is 37.8 Å². The van der Waals surface area contributed by atoms with Crippen molar-refractivity contribution in [2.24, 2.45) is 0 Å².